The van der Waals surface area contributed by atoms with Crippen LogP contribution in [0.2, 0.25) is 0 Å². The van der Waals surface area contributed by atoms with E-state index < -0.39 is 0 Å². The van der Waals surface area contributed by atoms with Crippen molar-refractivity contribution in [3.8, 4) is 0 Å². The Labute approximate surface area is 104 Å². The van der Waals surface area contributed by atoms with Gasteiger partial charge in [-0.3, -0.25) is 4.68 Å². The molecule has 0 spiro atoms. The van der Waals surface area contributed by atoms with Crippen LogP contribution in [0.15, 0.2) is 4.47 Å². The Kier molecular flexibility index (Phi) is 3.41. The number of aryl methyl sites for hydroxylation is 2. The molecule has 2 atom stereocenters. The van der Waals surface area contributed by atoms with Gasteiger partial charge in [-0.05, 0) is 54.5 Å². The average molecular weight is 292 g/mol. The van der Waals surface area contributed by atoms with Crippen LogP contribution in [0.4, 0.5) is 0 Å². The highest BCUT2D eigenvalue weighted by atomic mass is 79.9. The lowest BCUT2D eigenvalue weighted by Crippen LogP contribution is -2.06. The van der Waals surface area contributed by atoms with E-state index in [0.29, 0.717) is 5.38 Å². The van der Waals surface area contributed by atoms with Gasteiger partial charge in [0.25, 0.3) is 0 Å². The summed E-state index contributed by atoms with van der Waals surface area (Å²) in [6.07, 6.45) is 4.67. The van der Waals surface area contributed by atoms with E-state index in [2.05, 4.69) is 21.0 Å². The third-order valence-electron chi connectivity index (χ3n) is 3.22. The molecule has 2 rings (SSSR count). The number of rotatable bonds is 2. The van der Waals surface area contributed by atoms with Crippen molar-refractivity contribution in [1.82, 2.24) is 9.78 Å². The maximum absolute atomic E-state index is 6.12. The van der Waals surface area contributed by atoms with E-state index in [1.807, 2.05) is 18.7 Å². The second-order valence-electron chi connectivity index (χ2n) is 4.45. The molecular weight excluding hydrogens is 275 g/mol. The summed E-state index contributed by atoms with van der Waals surface area (Å²) in [5.41, 5.74) is 2.39. The first-order valence-electron chi connectivity index (χ1n) is 5.40. The highest BCUT2D eigenvalue weighted by Crippen LogP contribution is 2.33. The molecule has 15 heavy (non-hydrogen) atoms. The first-order chi connectivity index (χ1) is 7.08. The van der Waals surface area contributed by atoms with E-state index in [0.717, 1.165) is 24.5 Å². The number of hydrogen-bond acceptors (Lipinski definition) is 1. The van der Waals surface area contributed by atoms with Crippen LogP contribution >= 0.6 is 27.5 Å². The Morgan fingerprint density at radius 2 is 2.27 bits per heavy atom. The second-order valence-corrected chi connectivity index (χ2v) is 5.86. The topological polar surface area (TPSA) is 17.8 Å². The van der Waals surface area contributed by atoms with Crippen LogP contribution in [0.25, 0.3) is 0 Å². The molecule has 1 saturated carbocycles. The van der Waals surface area contributed by atoms with Gasteiger partial charge in [0.1, 0.15) is 0 Å². The predicted molar refractivity (Wildman–Crippen MR) is 66.3 cm³/mol. The number of halogens is 2. The molecule has 84 valence electrons. The summed E-state index contributed by atoms with van der Waals surface area (Å²) in [6.45, 7) is 2.03. The Hall–Kier alpha value is -0.0200. The lowest BCUT2D eigenvalue weighted by atomic mass is 10.0. The van der Waals surface area contributed by atoms with Crippen molar-refractivity contribution < 1.29 is 0 Å². The van der Waals surface area contributed by atoms with Crippen LogP contribution < -0.4 is 0 Å². The van der Waals surface area contributed by atoms with Crippen LogP contribution in [0.5, 0.6) is 0 Å². The molecule has 1 aliphatic rings. The van der Waals surface area contributed by atoms with Crippen molar-refractivity contribution in [3.63, 3.8) is 0 Å². The fourth-order valence-corrected chi connectivity index (χ4v) is 3.25. The summed E-state index contributed by atoms with van der Waals surface area (Å²) in [6, 6.07) is 0. The van der Waals surface area contributed by atoms with Gasteiger partial charge in [-0.2, -0.15) is 5.10 Å². The fraction of sp³-hybridized carbons (Fsp3) is 0.727. The standard InChI is InChI=1S/C11H16BrClN2/c1-7-11(12)10(15(2)14-7)6-8-3-4-9(13)5-8/h8-9H,3-6H2,1-2H3. The van der Waals surface area contributed by atoms with Crippen molar-refractivity contribution in [2.24, 2.45) is 13.0 Å². The minimum Gasteiger partial charge on any atom is -0.271 e. The Morgan fingerprint density at radius 3 is 2.73 bits per heavy atom. The molecule has 1 fully saturated rings. The summed E-state index contributed by atoms with van der Waals surface area (Å²) in [5, 5.41) is 4.80. The van der Waals surface area contributed by atoms with Crippen molar-refractivity contribution in [3.05, 3.63) is 15.9 Å². The van der Waals surface area contributed by atoms with Gasteiger partial charge < -0.3 is 0 Å². The van der Waals surface area contributed by atoms with E-state index in [1.54, 1.807) is 0 Å². The molecule has 1 heterocycles. The second kappa shape index (κ2) is 4.46. The van der Waals surface area contributed by atoms with Crippen LogP contribution in [0.1, 0.15) is 30.7 Å². The predicted octanol–water partition coefficient (Wildman–Crippen LogP) is 3.44. The van der Waals surface area contributed by atoms with Crippen molar-refractivity contribution in [1.29, 1.82) is 0 Å². The normalized spacial score (nSPS) is 26.1. The van der Waals surface area contributed by atoms with Crippen molar-refractivity contribution in [2.75, 3.05) is 0 Å². The summed E-state index contributed by atoms with van der Waals surface area (Å²) in [7, 11) is 2.01. The quantitative estimate of drug-likeness (QED) is 0.763. The third-order valence-corrected chi connectivity index (χ3v) is 4.65. The third kappa shape index (κ3) is 2.39. The molecule has 0 bridgehead atoms. The Balaban J connectivity index is 2.10. The molecule has 0 amide bonds. The number of hydrogen-bond donors (Lipinski definition) is 0. The maximum Gasteiger partial charge on any atom is 0.0738 e. The highest BCUT2D eigenvalue weighted by molar-refractivity contribution is 9.10. The van der Waals surface area contributed by atoms with Crippen molar-refractivity contribution >= 4 is 27.5 Å². The van der Waals surface area contributed by atoms with E-state index in [9.17, 15) is 0 Å². The Bertz CT molecular complexity index is 362. The lowest BCUT2D eigenvalue weighted by molar-refractivity contribution is 0.520. The van der Waals surface area contributed by atoms with Gasteiger partial charge in [0, 0.05) is 12.4 Å². The minimum atomic E-state index is 0.392. The maximum atomic E-state index is 6.12. The summed E-state index contributed by atoms with van der Waals surface area (Å²) >= 11 is 9.73. The van der Waals surface area contributed by atoms with Gasteiger partial charge in [0.05, 0.1) is 15.9 Å². The zero-order chi connectivity index (χ0) is 11.0. The first-order valence-corrected chi connectivity index (χ1v) is 6.63. The molecule has 1 aromatic rings. The lowest BCUT2D eigenvalue weighted by Gasteiger charge is -2.09. The molecule has 0 saturated heterocycles. The number of nitrogens with zero attached hydrogens (tertiary/aromatic N) is 2. The Morgan fingerprint density at radius 1 is 1.53 bits per heavy atom. The minimum absolute atomic E-state index is 0.392. The molecule has 0 radical (unpaired) electrons. The number of aromatic nitrogens is 2. The van der Waals surface area contributed by atoms with Gasteiger partial charge in [0.15, 0.2) is 0 Å². The molecule has 4 heteroatoms. The van der Waals surface area contributed by atoms with E-state index in [4.69, 9.17) is 11.6 Å². The first kappa shape index (κ1) is 11.5. The molecule has 0 aliphatic heterocycles. The molecule has 0 N–H and O–H groups in total. The largest absolute Gasteiger partial charge is 0.271 e. The van der Waals surface area contributed by atoms with Crippen LogP contribution in [-0.4, -0.2) is 15.2 Å². The van der Waals surface area contributed by atoms with Gasteiger partial charge in [-0.1, -0.05) is 0 Å². The van der Waals surface area contributed by atoms with Crippen LogP contribution in [0.3, 0.4) is 0 Å². The molecule has 0 aromatic carbocycles. The zero-order valence-corrected chi connectivity index (χ0v) is 11.5. The molecule has 1 aromatic heterocycles. The van der Waals surface area contributed by atoms with E-state index in [1.165, 1.54) is 23.0 Å². The van der Waals surface area contributed by atoms with E-state index >= 15 is 0 Å². The summed E-state index contributed by atoms with van der Waals surface area (Å²) in [4.78, 5) is 0. The van der Waals surface area contributed by atoms with Gasteiger partial charge in [-0.15, -0.1) is 11.6 Å². The summed E-state index contributed by atoms with van der Waals surface area (Å²) in [5.74, 6) is 0.735. The van der Waals surface area contributed by atoms with E-state index in [-0.39, 0.29) is 0 Å². The average Bonchev–Trinajstić information content (AvgIpc) is 2.67. The monoisotopic (exact) mass is 290 g/mol. The molecule has 2 nitrogen and oxygen atoms in total. The van der Waals surface area contributed by atoms with Crippen molar-refractivity contribution in [2.45, 2.75) is 38.0 Å². The van der Waals surface area contributed by atoms with Gasteiger partial charge in [0.2, 0.25) is 0 Å². The van der Waals surface area contributed by atoms with Gasteiger partial charge >= 0.3 is 0 Å². The zero-order valence-electron chi connectivity index (χ0n) is 9.13. The molecular formula is C11H16BrClN2. The number of alkyl halides is 1. The smallest absolute Gasteiger partial charge is 0.0738 e. The fourth-order valence-electron chi connectivity index (χ4n) is 2.37. The SMILES string of the molecule is Cc1nn(C)c(CC2CCC(Cl)C2)c1Br. The van der Waals surface area contributed by atoms with Gasteiger partial charge in [-0.25, -0.2) is 0 Å². The van der Waals surface area contributed by atoms with Crippen LogP contribution in [-0.2, 0) is 13.5 Å². The van der Waals surface area contributed by atoms with Crippen LogP contribution in [0, 0.1) is 12.8 Å². The molecule has 2 unspecified atom stereocenters. The summed E-state index contributed by atoms with van der Waals surface area (Å²) < 4.78 is 3.16. The highest BCUT2D eigenvalue weighted by Gasteiger charge is 2.25. The molecule has 1 aliphatic carbocycles.